The van der Waals surface area contributed by atoms with Crippen LogP contribution in [0.4, 0.5) is 0 Å². The van der Waals surface area contributed by atoms with Crippen LogP contribution in [0.25, 0.3) is 0 Å². The molecule has 0 atom stereocenters. The Kier molecular flexibility index (Phi) is 10.1. The summed E-state index contributed by atoms with van der Waals surface area (Å²) < 4.78 is 5.70. The maximum atomic E-state index is 12.5. The topological polar surface area (TPSA) is 66.8 Å². The molecule has 0 bridgehead atoms. The van der Waals surface area contributed by atoms with Crippen LogP contribution in [0, 0.1) is 0 Å². The van der Waals surface area contributed by atoms with E-state index < -0.39 is 5.78 Å². The highest BCUT2D eigenvalue weighted by Gasteiger charge is 2.17. The number of rotatable bonds is 14. The molecule has 0 heterocycles. The van der Waals surface area contributed by atoms with Crippen LogP contribution < -0.4 is 4.74 Å². The van der Waals surface area contributed by atoms with Gasteiger partial charge in [-0.25, -0.2) is 0 Å². The Morgan fingerprint density at radius 3 is 1.97 bits per heavy atom. The van der Waals surface area contributed by atoms with E-state index in [0.29, 0.717) is 12.4 Å². The molecule has 2 aromatic rings. The first-order valence-electron chi connectivity index (χ1n) is 10.9. The molecule has 0 saturated carbocycles. The van der Waals surface area contributed by atoms with Crippen molar-refractivity contribution in [2.45, 2.75) is 71.1 Å². The number of benzene rings is 2. The third-order valence-electron chi connectivity index (χ3n) is 5.13. The minimum absolute atomic E-state index is 0.0989. The summed E-state index contributed by atoms with van der Waals surface area (Å²) in [4.78, 5) is 12.5. The molecule has 2 N–H and O–H groups in total. The quantitative estimate of drug-likeness (QED) is 0.277. The minimum Gasteiger partial charge on any atom is -0.507 e. The summed E-state index contributed by atoms with van der Waals surface area (Å²) in [6.07, 6.45) is 12.7. The largest absolute Gasteiger partial charge is 0.507 e. The molecule has 0 aliphatic heterocycles. The molecular formula is C25H34O4. The van der Waals surface area contributed by atoms with Crippen LogP contribution >= 0.6 is 0 Å². The normalized spacial score (nSPS) is 10.8. The van der Waals surface area contributed by atoms with E-state index in [1.807, 2.05) is 0 Å². The van der Waals surface area contributed by atoms with Crippen molar-refractivity contribution >= 4 is 5.78 Å². The van der Waals surface area contributed by atoms with Crippen LogP contribution in [0.15, 0.2) is 42.5 Å². The number of hydrogen-bond acceptors (Lipinski definition) is 4. The van der Waals surface area contributed by atoms with E-state index in [2.05, 4.69) is 6.92 Å². The van der Waals surface area contributed by atoms with Crippen molar-refractivity contribution in [1.82, 2.24) is 0 Å². The van der Waals surface area contributed by atoms with Gasteiger partial charge in [-0.3, -0.25) is 4.79 Å². The molecule has 0 aliphatic rings. The van der Waals surface area contributed by atoms with Crippen molar-refractivity contribution in [1.29, 1.82) is 0 Å². The molecule has 0 radical (unpaired) electrons. The van der Waals surface area contributed by atoms with Crippen molar-refractivity contribution < 1.29 is 19.7 Å². The number of hydrogen-bond donors (Lipinski definition) is 2. The lowest BCUT2D eigenvalue weighted by molar-refractivity contribution is 0.103. The van der Waals surface area contributed by atoms with E-state index >= 15 is 0 Å². The van der Waals surface area contributed by atoms with Crippen molar-refractivity contribution in [3.63, 3.8) is 0 Å². The second-order valence-corrected chi connectivity index (χ2v) is 7.56. The van der Waals surface area contributed by atoms with Gasteiger partial charge in [0.15, 0.2) is 5.78 Å². The predicted molar refractivity (Wildman–Crippen MR) is 117 cm³/mol. The number of phenolic OH excluding ortho intramolecular Hbond substituents is 2. The Bertz CT molecular complexity index is 754. The van der Waals surface area contributed by atoms with E-state index in [9.17, 15) is 15.0 Å². The molecule has 0 amide bonds. The molecule has 29 heavy (non-hydrogen) atoms. The monoisotopic (exact) mass is 398 g/mol. The van der Waals surface area contributed by atoms with Gasteiger partial charge in [0, 0.05) is 6.07 Å². The van der Waals surface area contributed by atoms with Crippen molar-refractivity contribution in [3.8, 4) is 17.2 Å². The second-order valence-electron chi connectivity index (χ2n) is 7.56. The Hall–Kier alpha value is -2.49. The Morgan fingerprint density at radius 1 is 0.759 bits per heavy atom. The summed E-state index contributed by atoms with van der Waals surface area (Å²) in [6.45, 7) is 2.84. The average molecular weight is 399 g/mol. The first kappa shape index (κ1) is 22.8. The smallest absolute Gasteiger partial charge is 0.200 e. The zero-order valence-electron chi connectivity index (χ0n) is 17.5. The van der Waals surface area contributed by atoms with Gasteiger partial charge in [0.1, 0.15) is 17.2 Å². The average Bonchev–Trinajstić information content (AvgIpc) is 2.72. The van der Waals surface area contributed by atoms with Crippen LogP contribution in [0.3, 0.4) is 0 Å². The predicted octanol–water partition coefficient (Wildman–Crippen LogP) is 6.63. The van der Waals surface area contributed by atoms with Gasteiger partial charge in [0.2, 0.25) is 0 Å². The van der Waals surface area contributed by atoms with Crippen LogP contribution in [-0.4, -0.2) is 22.6 Å². The maximum absolute atomic E-state index is 12.5. The third-order valence-corrected chi connectivity index (χ3v) is 5.13. The molecule has 0 saturated heterocycles. The highest BCUT2D eigenvalue weighted by Crippen LogP contribution is 2.28. The Balaban J connectivity index is 1.68. The van der Waals surface area contributed by atoms with Gasteiger partial charge >= 0.3 is 0 Å². The van der Waals surface area contributed by atoms with Crippen LogP contribution in [0.2, 0.25) is 0 Å². The third kappa shape index (κ3) is 7.80. The fourth-order valence-electron chi connectivity index (χ4n) is 3.38. The first-order valence-corrected chi connectivity index (χ1v) is 10.9. The number of carbonyl (C=O) groups excluding carboxylic acids is 1. The number of carbonyl (C=O) groups is 1. The standard InChI is InChI=1S/C25H34O4/c1-2-3-4-5-6-7-8-9-10-13-18-29-20-16-17-22(24(27)19-20)25(28)21-14-11-12-15-23(21)26/h11-12,14-17,19,26-27H,2-10,13,18H2,1H3. The van der Waals surface area contributed by atoms with Gasteiger partial charge in [0.25, 0.3) is 0 Å². The Morgan fingerprint density at radius 2 is 1.34 bits per heavy atom. The van der Waals surface area contributed by atoms with E-state index in [0.717, 1.165) is 12.8 Å². The Labute approximate surface area is 174 Å². The van der Waals surface area contributed by atoms with E-state index in [4.69, 9.17) is 4.74 Å². The van der Waals surface area contributed by atoms with Gasteiger partial charge in [-0.1, -0.05) is 76.8 Å². The fourth-order valence-corrected chi connectivity index (χ4v) is 3.38. The van der Waals surface area contributed by atoms with Gasteiger partial charge in [-0.15, -0.1) is 0 Å². The molecular weight excluding hydrogens is 364 g/mol. The summed E-state index contributed by atoms with van der Waals surface area (Å²) >= 11 is 0. The lowest BCUT2D eigenvalue weighted by Crippen LogP contribution is -2.03. The van der Waals surface area contributed by atoms with Crippen molar-refractivity contribution in [2.24, 2.45) is 0 Å². The lowest BCUT2D eigenvalue weighted by Gasteiger charge is -2.10. The van der Waals surface area contributed by atoms with Gasteiger partial charge in [0.05, 0.1) is 17.7 Å². The number of para-hydroxylation sites is 1. The van der Waals surface area contributed by atoms with Gasteiger partial charge < -0.3 is 14.9 Å². The number of unbranched alkanes of at least 4 members (excludes halogenated alkanes) is 9. The van der Waals surface area contributed by atoms with Gasteiger partial charge in [-0.2, -0.15) is 0 Å². The van der Waals surface area contributed by atoms with E-state index in [1.165, 1.54) is 75.6 Å². The number of ketones is 1. The number of aromatic hydroxyl groups is 2. The van der Waals surface area contributed by atoms with Crippen molar-refractivity contribution in [3.05, 3.63) is 53.6 Å². The lowest BCUT2D eigenvalue weighted by atomic mass is 10.0. The summed E-state index contributed by atoms with van der Waals surface area (Å²) in [7, 11) is 0. The van der Waals surface area contributed by atoms with E-state index in [-0.39, 0.29) is 22.6 Å². The molecule has 0 aliphatic carbocycles. The zero-order chi connectivity index (χ0) is 20.9. The molecule has 0 unspecified atom stereocenters. The number of ether oxygens (including phenoxy) is 1. The van der Waals surface area contributed by atoms with Crippen molar-refractivity contribution in [2.75, 3.05) is 6.61 Å². The minimum atomic E-state index is -0.415. The highest BCUT2D eigenvalue weighted by atomic mass is 16.5. The van der Waals surface area contributed by atoms with Crippen LogP contribution in [-0.2, 0) is 0 Å². The summed E-state index contributed by atoms with van der Waals surface area (Å²) in [5, 5.41) is 20.0. The molecule has 0 fully saturated rings. The summed E-state index contributed by atoms with van der Waals surface area (Å²) in [6, 6.07) is 11.0. The summed E-state index contributed by atoms with van der Waals surface area (Å²) in [5.41, 5.74) is 0.319. The number of phenols is 2. The summed E-state index contributed by atoms with van der Waals surface area (Å²) in [5.74, 6) is -0.105. The first-order chi connectivity index (χ1) is 14.1. The van der Waals surface area contributed by atoms with Crippen LogP contribution in [0.1, 0.15) is 87.1 Å². The highest BCUT2D eigenvalue weighted by molar-refractivity contribution is 6.12. The second kappa shape index (κ2) is 12.9. The molecule has 4 heteroatoms. The molecule has 2 aromatic carbocycles. The zero-order valence-corrected chi connectivity index (χ0v) is 17.5. The molecule has 4 nitrogen and oxygen atoms in total. The molecule has 158 valence electrons. The maximum Gasteiger partial charge on any atom is 0.200 e. The van der Waals surface area contributed by atoms with Crippen LogP contribution in [0.5, 0.6) is 17.2 Å². The fraction of sp³-hybridized carbons (Fsp3) is 0.480. The molecule has 0 spiro atoms. The van der Waals surface area contributed by atoms with Gasteiger partial charge in [-0.05, 0) is 30.7 Å². The molecule has 0 aromatic heterocycles. The SMILES string of the molecule is CCCCCCCCCCCCOc1ccc(C(=O)c2ccccc2O)c(O)c1. The van der Waals surface area contributed by atoms with E-state index in [1.54, 1.807) is 18.2 Å². The molecule has 2 rings (SSSR count).